The van der Waals surface area contributed by atoms with Crippen LogP contribution < -0.4 is 5.32 Å². The molecule has 0 aliphatic heterocycles. The fourth-order valence-corrected chi connectivity index (χ4v) is 3.68. The zero-order valence-electron chi connectivity index (χ0n) is 14.5. The molecule has 122 valence electrons. The number of rotatable bonds is 8. The minimum atomic E-state index is 0.374. The number of hydrogen-bond donors (Lipinski definition) is 1. The summed E-state index contributed by atoms with van der Waals surface area (Å²) in [6, 6.07) is 0.374. The Morgan fingerprint density at radius 2 is 2.00 bits per heavy atom. The van der Waals surface area contributed by atoms with Crippen molar-refractivity contribution in [2.45, 2.75) is 73.4 Å². The third-order valence-electron chi connectivity index (χ3n) is 3.70. The van der Waals surface area contributed by atoms with Crippen molar-refractivity contribution in [3.63, 3.8) is 0 Å². The van der Waals surface area contributed by atoms with E-state index in [0.717, 1.165) is 30.4 Å². The number of hydrogen-bond acceptors (Lipinski definition) is 2. The highest BCUT2D eigenvalue weighted by Gasteiger charge is 2.23. The van der Waals surface area contributed by atoms with Crippen LogP contribution in [0.25, 0.3) is 0 Å². The zero-order valence-corrected chi connectivity index (χ0v) is 16.1. The lowest BCUT2D eigenvalue weighted by Crippen LogP contribution is -2.27. The van der Waals surface area contributed by atoms with Gasteiger partial charge in [-0.05, 0) is 60.0 Å². The molecule has 1 aromatic rings. The van der Waals surface area contributed by atoms with Crippen molar-refractivity contribution < 1.29 is 0 Å². The molecule has 1 rings (SSSR count). The monoisotopic (exact) mass is 357 g/mol. The third kappa shape index (κ3) is 6.11. The van der Waals surface area contributed by atoms with Crippen molar-refractivity contribution in [3.8, 4) is 0 Å². The van der Waals surface area contributed by atoms with Gasteiger partial charge in [-0.1, -0.05) is 34.6 Å². The van der Waals surface area contributed by atoms with Crippen LogP contribution in [0.5, 0.6) is 0 Å². The van der Waals surface area contributed by atoms with E-state index in [1.54, 1.807) is 0 Å². The van der Waals surface area contributed by atoms with Gasteiger partial charge in [-0.2, -0.15) is 5.10 Å². The van der Waals surface area contributed by atoms with E-state index >= 15 is 0 Å². The molecule has 0 radical (unpaired) electrons. The lowest BCUT2D eigenvalue weighted by Gasteiger charge is -2.28. The van der Waals surface area contributed by atoms with Crippen LogP contribution in [-0.4, -0.2) is 16.3 Å². The molecule has 1 N–H and O–H groups in total. The molecule has 0 bridgehead atoms. The quantitative estimate of drug-likeness (QED) is 0.695. The van der Waals surface area contributed by atoms with Gasteiger partial charge in [0, 0.05) is 6.54 Å². The van der Waals surface area contributed by atoms with E-state index in [2.05, 4.69) is 72.6 Å². The van der Waals surface area contributed by atoms with Crippen molar-refractivity contribution in [3.05, 3.63) is 16.4 Å². The lowest BCUT2D eigenvalue weighted by atomic mass is 9.82. The smallest absolute Gasteiger partial charge is 0.0695 e. The summed E-state index contributed by atoms with van der Waals surface area (Å²) in [6.07, 6.45) is 5.48. The maximum Gasteiger partial charge on any atom is 0.0695 e. The van der Waals surface area contributed by atoms with Crippen LogP contribution in [0.2, 0.25) is 0 Å². The second kappa shape index (κ2) is 8.33. The number of halogens is 1. The van der Waals surface area contributed by atoms with Crippen molar-refractivity contribution >= 4 is 15.9 Å². The summed E-state index contributed by atoms with van der Waals surface area (Å²) < 4.78 is 3.24. The standard InChI is InChI=1S/C17H32BrN3/c1-7-9-19-15(10-13(3)11-17(4,5)6)16-14(18)12-20-21(16)8-2/h12-13,15,19H,7-11H2,1-6H3. The summed E-state index contributed by atoms with van der Waals surface area (Å²) >= 11 is 3.68. The molecular formula is C17H32BrN3. The molecule has 3 nitrogen and oxygen atoms in total. The van der Waals surface area contributed by atoms with Gasteiger partial charge >= 0.3 is 0 Å². The Morgan fingerprint density at radius 3 is 2.52 bits per heavy atom. The van der Waals surface area contributed by atoms with Gasteiger partial charge in [-0.15, -0.1) is 0 Å². The van der Waals surface area contributed by atoms with Gasteiger partial charge < -0.3 is 5.32 Å². The molecule has 0 fully saturated rings. The summed E-state index contributed by atoms with van der Waals surface area (Å²) in [5.41, 5.74) is 1.68. The highest BCUT2D eigenvalue weighted by atomic mass is 79.9. The number of nitrogens with zero attached hydrogens (tertiary/aromatic N) is 2. The minimum Gasteiger partial charge on any atom is -0.309 e. The molecule has 0 aromatic carbocycles. The van der Waals surface area contributed by atoms with Crippen LogP contribution in [-0.2, 0) is 6.54 Å². The van der Waals surface area contributed by atoms with E-state index in [0.29, 0.717) is 17.4 Å². The summed E-state index contributed by atoms with van der Waals surface area (Å²) in [5.74, 6) is 0.687. The van der Waals surface area contributed by atoms with E-state index in [9.17, 15) is 0 Å². The van der Waals surface area contributed by atoms with E-state index < -0.39 is 0 Å². The van der Waals surface area contributed by atoms with Gasteiger partial charge in [0.1, 0.15) is 0 Å². The second-order valence-corrected chi connectivity index (χ2v) is 8.16. The van der Waals surface area contributed by atoms with E-state index in [1.165, 1.54) is 12.1 Å². The predicted molar refractivity (Wildman–Crippen MR) is 94.5 cm³/mol. The molecule has 0 saturated heterocycles. The summed E-state index contributed by atoms with van der Waals surface area (Å²) in [6.45, 7) is 15.7. The molecule has 4 heteroatoms. The fourth-order valence-electron chi connectivity index (χ4n) is 3.11. The van der Waals surface area contributed by atoms with Crippen LogP contribution in [0.4, 0.5) is 0 Å². The normalized spacial score (nSPS) is 15.2. The molecule has 0 spiro atoms. The minimum absolute atomic E-state index is 0.374. The molecular weight excluding hydrogens is 326 g/mol. The van der Waals surface area contributed by atoms with Gasteiger partial charge in [0.15, 0.2) is 0 Å². The molecule has 0 amide bonds. The zero-order chi connectivity index (χ0) is 16.0. The van der Waals surface area contributed by atoms with E-state index in [1.807, 2.05) is 6.20 Å². The molecule has 2 unspecified atom stereocenters. The maximum atomic E-state index is 4.47. The largest absolute Gasteiger partial charge is 0.309 e. The Bertz CT molecular complexity index is 420. The van der Waals surface area contributed by atoms with E-state index in [4.69, 9.17) is 0 Å². The first-order chi connectivity index (χ1) is 9.78. The van der Waals surface area contributed by atoms with Gasteiger partial charge in [0.25, 0.3) is 0 Å². The number of nitrogens with one attached hydrogen (secondary N) is 1. The van der Waals surface area contributed by atoms with Gasteiger partial charge in [0.05, 0.1) is 22.4 Å². The average molecular weight is 358 g/mol. The van der Waals surface area contributed by atoms with Gasteiger partial charge in [-0.25, -0.2) is 0 Å². The molecule has 1 heterocycles. The number of aryl methyl sites for hydroxylation is 1. The van der Waals surface area contributed by atoms with Crippen LogP contribution >= 0.6 is 15.9 Å². The predicted octanol–water partition coefficient (Wildman–Crippen LogP) is 5.17. The molecule has 21 heavy (non-hydrogen) atoms. The van der Waals surface area contributed by atoms with Crippen LogP contribution in [0.3, 0.4) is 0 Å². The number of aromatic nitrogens is 2. The van der Waals surface area contributed by atoms with Crippen molar-refractivity contribution in [1.29, 1.82) is 0 Å². The SMILES string of the molecule is CCCNC(CC(C)CC(C)(C)C)c1c(Br)cnn1CC. The van der Waals surface area contributed by atoms with Crippen molar-refractivity contribution in [2.75, 3.05) is 6.54 Å². The van der Waals surface area contributed by atoms with Gasteiger partial charge in [-0.3, -0.25) is 4.68 Å². The molecule has 0 aliphatic carbocycles. The second-order valence-electron chi connectivity index (χ2n) is 7.31. The fraction of sp³-hybridized carbons (Fsp3) is 0.824. The Hall–Kier alpha value is -0.350. The average Bonchev–Trinajstić information content (AvgIpc) is 2.73. The Morgan fingerprint density at radius 1 is 1.33 bits per heavy atom. The van der Waals surface area contributed by atoms with Crippen molar-refractivity contribution in [2.24, 2.45) is 11.3 Å². The highest BCUT2D eigenvalue weighted by molar-refractivity contribution is 9.10. The molecule has 0 aliphatic rings. The maximum absolute atomic E-state index is 4.47. The lowest BCUT2D eigenvalue weighted by molar-refractivity contribution is 0.271. The first-order valence-electron chi connectivity index (χ1n) is 8.23. The summed E-state index contributed by atoms with van der Waals surface area (Å²) in [4.78, 5) is 0. The molecule has 2 atom stereocenters. The van der Waals surface area contributed by atoms with Crippen LogP contribution in [0.1, 0.15) is 72.5 Å². The Kier molecular flexibility index (Phi) is 7.41. The third-order valence-corrected chi connectivity index (χ3v) is 4.31. The first-order valence-corrected chi connectivity index (χ1v) is 9.02. The van der Waals surface area contributed by atoms with Gasteiger partial charge in [0.2, 0.25) is 0 Å². The summed E-state index contributed by atoms with van der Waals surface area (Å²) in [7, 11) is 0. The Labute approximate surface area is 139 Å². The van der Waals surface area contributed by atoms with Crippen LogP contribution in [0, 0.1) is 11.3 Å². The summed E-state index contributed by atoms with van der Waals surface area (Å²) in [5, 5.41) is 8.19. The van der Waals surface area contributed by atoms with E-state index in [-0.39, 0.29) is 0 Å². The Balaban J connectivity index is 2.87. The van der Waals surface area contributed by atoms with Crippen molar-refractivity contribution in [1.82, 2.24) is 15.1 Å². The topological polar surface area (TPSA) is 29.9 Å². The van der Waals surface area contributed by atoms with Crippen LogP contribution in [0.15, 0.2) is 10.7 Å². The molecule has 0 saturated carbocycles. The highest BCUT2D eigenvalue weighted by Crippen LogP contribution is 2.33. The molecule has 1 aromatic heterocycles. The first kappa shape index (κ1) is 18.7.